The summed E-state index contributed by atoms with van der Waals surface area (Å²) in [4.78, 5) is 33.7. The number of aliphatic hydroxyl groups is 1. The van der Waals surface area contributed by atoms with Gasteiger partial charge >= 0.3 is 0 Å². The highest BCUT2D eigenvalue weighted by molar-refractivity contribution is 6.46. The highest BCUT2D eigenvalue weighted by Crippen LogP contribution is 2.40. The molecule has 1 saturated heterocycles. The first-order valence-corrected chi connectivity index (χ1v) is 9.71. The Morgan fingerprint density at radius 2 is 2.00 bits per heavy atom. The van der Waals surface area contributed by atoms with E-state index in [9.17, 15) is 14.7 Å². The summed E-state index contributed by atoms with van der Waals surface area (Å²) in [6.07, 6.45) is 2.29. The predicted molar refractivity (Wildman–Crippen MR) is 109 cm³/mol. The third-order valence-electron chi connectivity index (χ3n) is 5.16. The fraction of sp³-hybridized carbons (Fsp3) is 0.318. The molecule has 0 radical (unpaired) electrons. The number of rotatable bonds is 6. The number of carbonyl (C=O) groups is 2. The number of ketones is 1. The van der Waals surface area contributed by atoms with Crippen molar-refractivity contribution < 1.29 is 24.2 Å². The predicted octanol–water partition coefficient (Wildman–Crippen LogP) is 2.18. The van der Waals surface area contributed by atoms with Gasteiger partial charge in [0.2, 0.25) is 6.79 Å². The van der Waals surface area contributed by atoms with Crippen molar-refractivity contribution in [2.24, 2.45) is 0 Å². The summed E-state index contributed by atoms with van der Waals surface area (Å²) < 4.78 is 10.7. The Hall–Kier alpha value is -3.39. The lowest BCUT2D eigenvalue weighted by atomic mass is 9.98. The molecule has 1 unspecified atom stereocenters. The topological polar surface area (TPSA) is 92.2 Å². The molecule has 2 aliphatic heterocycles. The number of hydrogen-bond donors (Lipinski definition) is 1. The summed E-state index contributed by atoms with van der Waals surface area (Å²) in [5.74, 6) is -0.555. The maximum Gasteiger partial charge on any atom is 0.295 e. The van der Waals surface area contributed by atoms with Gasteiger partial charge in [-0.05, 0) is 57.4 Å². The molecule has 1 aromatic carbocycles. The smallest absolute Gasteiger partial charge is 0.295 e. The molecule has 30 heavy (non-hydrogen) atoms. The molecule has 0 saturated carbocycles. The van der Waals surface area contributed by atoms with E-state index in [2.05, 4.69) is 4.98 Å². The number of hydrogen-bond acceptors (Lipinski definition) is 7. The summed E-state index contributed by atoms with van der Waals surface area (Å²) in [5.41, 5.74) is 0.942. The normalized spacial score (nSPS) is 19.7. The number of benzene rings is 1. The van der Waals surface area contributed by atoms with Crippen LogP contribution in [0.15, 0.2) is 48.2 Å². The summed E-state index contributed by atoms with van der Waals surface area (Å²) >= 11 is 0. The van der Waals surface area contributed by atoms with E-state index >= 15 is 0 Å². The first kappa shape index (κ1) is 19.9. The molecule has 0 aliphatic carbocycles. The van der Waals surface area contributed by atoms with Crippen molar-refractivity contribution in [2.45, 2.75) is 12.5 Å². The second-order valence-corrected chi connectivity index (χ2v) is 7.47. The molecule has 1 N–H and O–H groups in total. The molecule has 2 aliphatic rings. The van der Waals surface area contributed by atoms with Gasteiger partial charge in [-0.1, -0.05) is 6.07 Å². The number of pyridine rings is 1. The standard InChI is InChI=1S/C22H23N3O5/c1-24(2)10-5-11-25-19(15-6-3-4-9-23-15)18(21(27)22(25)28)20(26)14-7-8-16-17(12-14)30-13-29-16/h3-4,6-9,12,19,26H,5,10-11,13H2,1-2H3/b20-18-. The molecule has 1 aromatic heterocycles. The van der Waals surface area contributed by atoms with Crippen LogP contribution in [0.1, 0.15) is 23.7 Å². The highest BCUT2D eigenvalue weighted by Gasteiger charge is 2.46. The van der Waals surface area contributed by atoms with Gasteiger partial charge in [-0.25, -0.2) is 0 Å². The first-order chi connectivity index (χ1) is 14.5. The number of fused-ring (bicyclic) bond motifs is 1. The number of aromatic nitrogens is 1. The molecule has 1 fully saturated rings. The van der Waals surface area contributed by atoms with Gasteiger partial charge in [-0.15, -0.1) is 0 Å². The monoisotopic (exact) mass is 409 g/mol. The zero-order valence-corrected chi connectivity index (χ0v) is 16.9. The van der Waals surface area contributed by atoms with Crippen LogP contribution in [0.3, 0.4) is 0 Å². The molecule has 1 amide bonds. The van der Waals surface area contributed by atoms with Crippen LogP contribution in [0, 0.1) is 0 Å². The van der Waals surface area contributed by atoms with Crippen LogP contribution in [0.2, 0.25) is 0 Å². The zero-order valence-electron chi connectivity index (χ0n) is 16.9. The van der Waals surface area contributed by atoms with Gasteiger partial charge < -0.3 is 24.4 Å². The molecule has 0 spiro atoms. The van der Waals surface area contributed by atoms with Crippen molar-refractivity contribution in [3.63, 3.8) is 0 Å². The van der Waals surface area contributed by atoms with Crippen LogP contribution in [-0.4, -0.2) is 65.6 Å². The van der Waals surface area contributed by atoms with Gasteiger partial charge in [0.25, 0.3) is 11.7 Å². The Morgan fingerprint density at radius 3 is 2.73 bits per heavy atom. The van der Waals surface area contributed by atoms with E-state index in [1.54, 1.807) is 42.6 Å². The molecule has 1 atom stereocenters. The van der Waals surface area contributed by atoms with Crippen LogP contribution in [-0.2, 0) is 9.59 Å². The van der Waals surface area contributed by atoms with E-state index in [1.807, 2.05) is 19.0 Å². The minimum atomic E-state index is -0.751. The molecule has 3 heterocycles. The van der Waals surface area contributed by atoms with E-state index in [0.717, 1.165) is 6.54 Å². The number of Topliss-reactive ketones (excluding diaryl/α,β-unsaturated/α-hetero) is 1. The Labute approximate surface area is 174 Å². The molecule has 8 nitrogen and oxygen atoms in total. The van der Waals surface area contributed by atoms with Gasteiger partial charge in [0.05, 0.1) is 11.3 Å². The van der Waals surface area contributed by atoms with Crippen LogP contribution >= 0.6 is 0 Å². The Morgan fingerprint density at radius 1 is 1.20 bits per heavy atom. The van der Waals surface area contributed by atoms with E-state index in [1.165, 1.54) is 4.90 Å². The van der Waals surface area contributed by atoms with Gasteiger partial charge in [0, 0.05) is 18.3 Å². The summed E-state index contributed by atoms with van der Waals surface area (Å²) in [6, 6.07) is 9.47. The zero-order chi connectivity index (χ0) is 21.3. The SMILES string of the molecule is CN(C)CCCN1C(=O)C(=O)/C(=C(\O)c2ccc3c(c2)OCO3)C1c1ccccn1. The van der Waals surface area contributed by atoms with Crippen molar-refractivity contribution >= 4 is 17.4 Å². The maximum absolute atomic E-state index is 12.9. The Kier molecular flexibility index (Phi) is 5.41. The maximum atomic E-state index is 12.9. The summed E-state index contributed by atoms with van der Waals surface area (Å²) in [6.45, 7) is 1.24. The molecule has 4 rings (SSSR count). The largest absolute Gasteiger partial charge is 0.507 e. The van der Waals surface area contributed by atoms with Crippen LogP contribution < -0.4 is 9.47 Å². The van der Waals surface area contributed by atoms with E-state index in [0.29, 0.717) is 35.7 Å². The number of aliphatic hydroxyl groups excluding tert-OH is 1. The average Bonchev–Trinajstić information content (AvgIpc) is 3.31. The minimum Gasteiger partial charge on any atom is -0.507 e. The van der Waals surface area contributed by atoms with E-state index < -0.39 is 17.7 Å². The average molecular weight is 409 g/mol. The van der Waals surface area contributed by atoms with Gasteiger partial charge in [0.15, 0.2) is 11.5 Å². The van der Waals surface area contributed by atoms with E-state index in [-0.39, 0.29) is 18.1 Å². The third-order valence-corrected chi connectivity index (χ3v) is 5.16. The van der Waals surface area contributed by atoms with Crippen LogP contribution in [0.25, 0.3) is 5.76 Å². The molecule has 8 heteroatoms. The lowest BCUT2D eigenvalue weighted by Gasteiger charge is -2.25. The lowest BCUT2D eigenvalue weighted by Crippen LogP contribution is -2.32. The van der Waals surface area contributed by atoms with Gasteiger partial charge in [-0.2, -0.15) is 0 Å². The number of ether oxygens (including phenoxy) is 2. The number of amides is 1. The summed E-state index contributed by atoms with van der Waals surface area (Å²) in [7, 11) is 3.90. The van der Waals surface area contributed by atoms with Crippen LogP contribution in [0.4, 0.5) is 0 Å². The molecular formula is C22H23N3O5. The van der Waals surface area contributed by atoms with Crippen molar-refractivity contribution in [3.05, 3.63) is 59.4 Å². The minimum absolute atomic E-state index is 0.0300. The second-order valence-electron chi connectivity index (χ2n) is 7.47. The quantitative estimate of drug-likeness (QED) is 0.444. The highest BCUT2D eigenvalue weighted by atomic mass is 16.7. The fourth-order valence-corrected chi connectivity index (χ4v) is 3.71. The lowest BCUT2D eigenvalue weighted by molar-refractivity contribution is -0.140. The molecular weight excluding hydrogens is 386 g/mol. The van der Waals surface area contributed by atoms with E-state index in [4.69, 9.17) is 9.47 Å². The van der Waals surface area contributed by atoms with Crippen molar-refractivity contribution in [3.8, 4) is 11.5 Å². The van der Waals surface area contributed by atoms with Crippen molar-refractivity contribution in [2.75, 3.05) is 34.0 Å². The second kappa shape index (κ2) is 8.16. The Bertz CT molecular complexity index is 1000. The molecule has 156 valence electrons. The van der Waals surface area contributed by atoms with Crippen molar-refractivity contribution in [1.82, 2.24) is 14.8 Å². The Balaban J connectivity index is 1.77. The number of carbonyl (C=O) groups excluding carboxylic acids is 2. The van der Waals surface area contributed by atoms with Gasteiger partial charge in [0.1, 0.15) is 11.8 Å². The van der Waals surface area contributed by atoms with Crippen LogP contribution in [0.5, 0.6) is 11.5 Å². The fourth-order valence-electron chi connectivity index (χ4n) is 3.71. The first-order valence-electron chi connectivity index (χ1n) is 9.71. The van der Waals surface area contributed by atoms with Crippen molar-refractivity contribution in [1.29, 1.82) is 0 Å². The number of nitrogens with zero attached hydrogens (tertiary/aromatic N) is 3. The third kappa shape index (κ3) is 3.61. The molecule has 0 bridgehead atoms. The summed E-state index contributed by atoms with van der Waals surface area (Å²) in [5, 5.41) is 11.1. The van der Waals surface area contributed by atoms with Gasteiger partial charge in [-0.3, -0.25) is 14.6 Å². The number of likely N-dealkylation sites (tertiary alicyclic amines) is 1. The molecule has 2 aromatic rings.